The topological polar surface area (TPSA) is 80.3 Å². The van der Waals surface area contributed by atoms with Crippen molar-refractivity contribution in [1.82, 2.24) is 15.6 Å². The predicted molar refractivity (Wildman–Crippen MR) is 101 cm³/mol. The maximum Gasteiger partial charge on any atom is 0.408 e. The molecule has 2 rings (SSSR count). The van der Waals surface area contributed by atoms with Crippen LogP contribution in [0.3, 0.4) is 0 Å². The smallest absolute Gasteiger partial charge is 0.408 e. The Labute approximate surface area is 156 Å². The van der Waals surface area contributed by atoms with Crippen LogP contribution >= 0.6 is 0 Å². The Morgan fingerprint density at radius 2 is 1.81 bits per heavy atom. The summed E-state index contributed by atoms with van der Waals surface area (Å²) in [4.78, 5) is 29.0. The second kappa shape index (κ2) is 8.52. The van der Waals surface area contributed by atoms with E-state index in [0.717, 1.165) is 44.2 Å². The van der Waals surface area contributed by atoms with Crippen molar-refractivity contribution in [3.05, 3.63) is 29.6 Å². The average molecular weight is 361 g/mol. The van der Waals surface area contributed by atoms with Gasteiger partial charge in [-0.3, -0.25) is 9.78 Å². The summed E-state index contributed by atoms with van der Waals surface area (Å²) in [5.74, 6) is -0.174. The zero-order valence-corrected chi connectivity index (χ0v) is 16.4. The Kier molecular flexibility index (Phi) is 6.62. The molecule has 0 aliphatic heterocycles. The minimum Gasteiger partial charge on any atom is -0.444 e. The van der Waals surface area contributed by atoms with Gasteiger partial charge in [0.15, 0.2) is 0 Å². The van der Waals surface area contributed by atoms with Crippen LogP contribution in [0.15, 0.2) is 18.3 Å². The van der Waals surface area contributed by atoms with Gasteiger partial charge in [-0.25, -0.2) is 4.79 Å². The lowest BCUT2D eigenvalue weighted by molar-refractivity contribution is 0.0437. The maximum atomic E-state index is 12.4. The SMILES string of the molecule is Cc1ccc(C(=O)NCC2(NC(=O)OC(C)(C)C)CCCCCC2)cn1. The van der Waals surface area contributed by atoms with E-state index in [2.05, 4.69) is 15.6 Å². The third kappa shape index (κ3) is 6.32. The number of amides is 2. The number of nitrogens with zero attached hydrogens (tertiary/aromatic N) is 1. The first-order valence-corrected chi connectivity index (χ1v) is 9.41. The summed E-state index contributed by atoms with van der Waals surface area (Å²) < 4.78 is 5.44. The van der Waals surface area contributed by atoms with Crippen LogP contribution in [0.5, 0.6) is 0 Å². The van der Waals surface area contributed by atoms with E-state index in [-0.39, 0.29) is 5.91 Å². The van der Waals surface area contributed by atoms with Crippen molar-refractivity contribution < 1.29 is 14.3 Å². The number of carbonyl (C=O) groups is 2. The van der Waals surface area contributed by atoms with E-state index in [1.165, 1.54) is 0 Å². The van der Waals surface area contributed by atoms with Gasteiger partial charge in [-0.2, -0.15) is 0 Å². The van der Waals surface area contributed by atoms with E-state index in [0.29, 0.717) is 12.1 Å². The van der Waals surface area contributed by atoms with Gasteiger partial charge in [0.05, 0.1) is 11.1 Å². The molecule has 0 bridgehead atoms. The van der Waals surface area contributed by atoms with Gasteiger partial charge in [0.2, 0.25) is 0 Å². The number of pyridine rings is 1. The molecular weight excluding hydrogens is 330 g/mol. The van der Waals surface area contributed by atoms with E-state index in [4.69, 9.17) is 4.74 Å². The summed E-state index contributed by atoms with van der Waals surface area (Å²) in [6.07, 6.45) is 7.16. The van der Waals surface area contributed by atoms with Gasteiger partial charge in [0, 0.05) is 18.4 Å². The highest BCUT2D eigenvalue weighted by Gasteiger charge is 2.34. The van der Waals surface area contributed by atoms with Gasteiger partial charge in [-0.1, -0.05) is 25.7 Å². The molecule has 26 heavy (non-hydrogen) atoms. The summed E-state index contributed by atoms with van der Waals surface area (Å²) in [5.41, 5.74) is 0.379. The van der Waals surface area contributed by atoms with Gasteiger partial charge in [0.1, 0.15) is 5.60 Å². The van der Waals surface area contributed by atoms with Crippen LogP contribution in [0.1, 0.15) is 75.3 Å². The average Bonchev–Trinajstić information content (AvgIpc) is 2.77. The van der Waals surface area contributed by atoms with Crippen molar-refractivity contribution in [2.75, 3.05) is 6.54 Å². The lowest BCUT2D eigenvalue weighted by Crippen LogP contribution is -2.56. The Hall–Kier alpha value is -2.11. The third-order valence-electron chi connectivity index (χ3n) is 4.59. The molecule has 2 N–H and O–H groups in total. The number of rotatable bonds is 4. The molecule has 0 spiro atoms. The standard InChI is InChI=1S/C20H31N3O3/c1-15-9-10-16(13-21-15)17(24)22-14-20(11-7-5-6-8-12-20)23-18(25)26-19(2,3)4/h9-10,13H,5-8,11-12,14H2,1-4H3,(H,22,24)(H,23,25). The van der Waals surface area contributed by atoms with Gasteiger partial charge in [0.25, 0.3) is 5.91 Å². The molecule has 1 heterocycles. The van der Waals surface area contributed by atoms with Crippen LogP contribution < -0.4 is 10.6 Å². The molecule has 0 unspecified atom stereocenters. The van der Waals surface area contributed by atoms with Crippen molar-refractivity contribution >= 4 is 12.0 Å². The van der Waals surface area contributed by atoms with Crippen molar-refractivity contribution in [2.45, 2.75) is 77.4 Å². The molecule has 6 nitrogen and oxygen atoms in total. The van der Waals surface area contributed by atoms with E-state index in [1.807, 2.05) is 33.8 Å². The summed E-state index contributed by atoms with van der Waals surface area (Å²) in [7, 11) is 0. The van der Waals surface area contributed by atoms with Gasteiger partial charge >= 0.3 is 6.09 Å². The molecule has 1 saturated carbocycles. The fourth-order valence-corrected chi connectivity index (χ4v) is 3.23. The molecule has 0 aromatic carbocycles. The molecule has 0 atom stereocenters. The summed E-state index contributed by atoms with van der Waals surface area (Å²) in [6.45, 7) is 7.81. The molecule has 2 amide bonds. The highest BCUT2D eigenvalue weighted by Crippen LogP contribution is 2.27. The van der Waals surface area contributed by atoms with E-state index < -0.39 is 17.2 Å². The molecule has 144 valence electrons. The van der Waals surface area contributed by atoms with Crippen LogP contribution in [-0.2, 0) is 4.74 Å². The number of alkyl carbamates (subject to hydrolysis) is 1. The van der Waals surface area contributed by atoms with Crippen LogP contribution in [-0.4, -0.2) is 34.7 Å². The molecule has 0 saturated heterocycles. The Morgan fingerprint density at radius 3 is 2.35 bits per heavy atom. The van der Waals surface area contributed by atoms with Gasteiger partial charge in [-0.05, 0) is 52.7 Å². The third-order valence-corrected chi connectivity index (χ3v) is 4.59. The van der Waals surface area contributed by atoms with Gasteiger partial charge < -0.3 is 15.4 Å². The monoisotopic (exact) mass is 361 g/mol. The molecule has 1 fully saturated rings. The second-order valence-corrected chi connectivity index (χ2v) is 8.19. The Balaban J connectivity index is 2.05. The Morgan fingerprint density at radius 1 is 1.15 bits per heavy atom. The highest BCUT2D eigenvalue weighted by atomic mass is 16.6. The summed E-state index contributed by atoms with van der Waals surface area (Å²) in [6, 6.07) is 3.58. The maximum absolute atomic E-state index is 12.4. The van der Waals surface area contributed by atoms with Crippen LogP contribution in [0.2, 0.25) is 0 Å². The molecule has 1 aliphatic carbocycles. The van der Waals surface area contributed by atoms with Gasteiger partial charge in [-0.15, -0.1) is 0 Å². The van der Waals surface area contributed by atoms with Crippen molar-refractivity contribution in [3.63, 3.8) is 0 Å². The molecular formula is C20H31N3O3. The van der Waals surface area contributed by atoms with Crippen molar-refractivity contribution in [1.29, 1.82) is 0 Å². The fraction of sp³-hybridized carbons (Fsp3) is 0.650. The number of aromatic nitrogens is 1. The lowest BCUT2D eigenvalue weighted by Gasteiger charge is -2.35. The fourth-order valence-electron chi connectivity index (χ4n) is 3.23. The molecule has 1 aromatic heterocycles. The number of ether oxygens (including phenoxy) is 1. The number of carbonyl (C=O) groups excluding carboxylic acids is 2. The number of aryl methyl sites for hydroxylation is 1. The van der Waals surface area contributed by atoms with Crippen molar-refractivity contribution in [3.8, 4) is 0 Å². The second-order valence-electron chi connectivity index (χ2n) is 8.19. The molecule has 6 heteroatoms. The van der Waals surface area contributed by atoms with Crippen LogP contribution in [0, 0.1) is 6.92 Å². The zero-order valence-electron chi connectivity index (χ0n) is 16.4. The molecule has 1 aromatic rings. The minimum absolute atomic E-state index is 0.174. The molecule has 0 radical (unpaired) electrons. The van der Waals surface area contributed by atoms with Crippen molar-refractivity contribution in [2.24, 2.45) is 0 Å². The first-order valence-electron chi connectivity index (χ1n) is 9.41. The minimum atomic E-state index is -0.549. The Bertz CT molecular complexity index is 612. The number of nitrogens with one attached hydrogen (secondary N) is 2. The van der Waals surface area contributed by atoms with E-state index >= 15 is 0 Å². The van der Waals surface area contributed by atoms with E-state index in [9.17, 15) is 9.59 Å². The zero-order chi connectivity index (χ0) is 19.2. The largest absolute Gasteiger partial charge is 0.444 e. The number of hydrogen-bond acceptors (Lipinski definition) is 4. The first-order chi connectivity index (χ1) is 12.2. The van der Waals surface area contributed by atoms with E-state index in [1.54, 1.807) is 12.3 Å². The molecule has 1 aliphatic rings. The van der Waals surface area contributed by atoms with Crippen LogP contribution in [0.4, 0.5) is 4.79 Å². The predicted octanol–water partition coefficient (Wildman–Crippen LogP) is 3.74. The first kappa shape index (κ1) is 20.2. The van der Waals surface area contributed by atoms with Crippen LogP contribution in [0.25, 0.3) is 0 Å². The lowest BCUT2D eigenvalue weighted by atomic mass is 9.90. The number of hydrogen-bond donors (Lipinski definition) is 2. The normalized spacial score (nSPS) is 17.1. The highest BCUT2D eigenvalue weighted by molar-refractivity contribution is 5.93. The quantitative estimate of drug-likeness (QED) is 0.801. The summed E-state index contributed by atoms with van der Waals surface area (Å²) >= 11 is 0. The summed E-state index contributed by atoms with van der Waals surface area (Å²) in [5, 5.41) is 6.03.